The lowest BCUT2D eigenvalue weighted by molar-refractivity contribution is -0.136. The van der Waals surface area contributed by atoms with E-state index in [0.29, 0.717) is 5.92 Å². The summed E-state index contributed by atoms with van der Waals surface area (Å²) in [6.45, 7) is 1.44. The highest BCUT2D eigenvalue weighted by Gasteiger charge is 2.54. The Kier molecular flexibility index (Phi) is 0.498. The van der Waals surface area contributed by atoms with Crippen LogP contribution in [0.4, 0.5) is 0 Å². The van der Waals surface area contributed by atoms with Crippen molar-refractivity contribution in [1.82, 2.24) is 0 Å². The van der Waals surface area contributed by atoms with Crippen LogP contribution in [0.2, 0.25) is 0 Å². The first-order valence-corrected chi connectivity index (χ1v) is 2.70. The molecule has 0 aromatic carbocycles. The zero-order chi connectivity index (χ0) is 5.72. The molecule has 0 spiro atoms. The number of carbonyl (C=O) groups is 1. The van der Waals surface area contributed by atoms with Gasteiger partial charge in [0.05, 0.1) is 0 Å². The van der Waals surface area contributed by atoms with E-state index >= 15 is 0 Å². The van der Waals surface area contributed by atoms with Crippen LogP contribution in [0.1, 0.15) is 13.3 Å². The molecule has 0 aromatic rings. The molecular formula is C6H6O2. The number of allylic oxidation sites excluding steroid dienone is 2. The van der Waals surface area contributed by atoms with Gasteiger partial charge in [0, 0.05) is 12.8 Å². The molecule has 0 saturated heterocycles. The second kappa shape index (κ2) is 0.966. The predicted octanol–water partition coefficient (Wildman–Crippen LogP) is 0.837. The fourth-order valence-electron chi connectivity index (χ4n) is 0.810. The average Bonchev–Trinajstić information content (AvgIpc) is 2.41. The number of hydrogen-bond donors (Lipinski definition) is 0. The Morgan fingerprint density at radius 2 is 2.50 bits per heavy atom. The Labute approximate surface area is 47.1 Å². The predicted molar refractivity (Wildman–Crippen MR) is 26.9 cm³/mol. The van der Waals surface area contributed by atoms with Crippen LogP contribution >= 0.6 is 0 Å². The number of esters is 1. The van der Waals surface area contributed by atoms with E-state index in [1.54, 1.807) is 0 Å². The van der Waals surface area contributed by atoms with Gasteiger partial charge in [-0.3, -0.25) is 4.79 Å². The van der Waals surface area contributed by atoms with Crippen molar-refractivity contribution in [2.75, 3.05) is 0 Å². The molecule has 2 aliphatic rings. The SMILES string of the molecule is CC(=O)OC1=C2CC21. The van der Waals surface area contributed by atoms with Crippen LogP contribution in [0, 0.1) is 5.92 Å². The average molecular weight is 110 g/mol. The minimum Gasteiger partial charge on any atom is -0.431 e. The number of rotatable bonds is 1. The quantitative estimate of drug-likeness (QED) is 0.467. The zero-order valence-corrected chi connectivity index (χ0v) is 4.60. The van der Waals surface area contributed by atoms with Crippen molar-refractivity contribution < 1.29 is 9.53 Å². The topological polar surface area (TPSA) is 26.3 Å². The Morgan fingerprint density at radius 1 is 1.88 bits per heavy atom. The fraction of sp³-hybridized carbons (Fsp3) is 0.500. The molecule has 1 unspecified atom stereocenters. The van der Waals surface area contributed by atoms with Crippen LogP contribution in [0.25, 0.3) is 0 Å². The molecule has 2 heteroatoms. The molecule has 42 valence electrons. The number of fused-ring (bicyclic) bond motifs is 1. The van der Waals surface area contributed by atoms with E-state index in [0.717, 1.165) is 5.76 Å². The molecular weight excluding hydrogens is 104 g/mol. The van der Waals surface area contributed by atoms with Crippen molar-refractivity contribution in [3.05, 3.63) is 11.3 Å². The summed E-state index contributed by atoms with van der Waals surface area (Å²) in [5.74, 6) is 1.39. The van der Waals surface area contributed by atoms with Crippen molar-refractivity contribution in [2.45, 2.75) is 13.3 Å². The van der Waals surface area contributed by atoms with Gasteiger partial charge in [0.2, 0.25) is 0 Å². The standard InChI is InChI=1S/C6H6O2/c1-3(7)8-6-4-2-5(4)6/h4H,2H2,1H3. The van der Waals surface area contributed by atoms with Crippen molar-refractivity contribution >= 4 is 5.97 Å². The van der Waals surface area contributed by atoms with Crippen LogP contribution in [0.5, 0.6) is 0 Å². The molecule has 8 heavy (non-hydrogen) atoms. The van der Waals surface area contributed by atoms with Gasteiger partial charge in [0.25, 0.3) is 0 Å². The molecule has 0 aromatic heterocycles. The summed E-state index contributed by atoms with van der Waals surface area (Å²) in [5, 5.41) is 0. The number of carbonyl (C=O) groups excluding carboxylic acids is 1. The third kappa shape index (κ3) is 0.399. The van der Waals surface area contributed by atoms with Gasteiger partial charge in [-0.05, 0) is 12.0 Å². The molecule has 1 atom stereocenters. The monoisotopic (exact) mass is 110 g/mol. The summed E-state index contributed by atoms with van der Waals surface area (Å²) in [4.78, 5) is 10.2. The van der Waals surface area contributed by atoms with Gasteiger partial charge in [0.15, 0.2) is 0 Å². The minimum atomic E-state index is -0.181. The number of hydrogen-bond acceptors (Lipinski definition) is 2. The Balaban J connectivity index is 1.94. The highest BCUT2D eigenvalue weighted by atomic mass is 16.5. The lowest BCUT2D eigenvalue weighted by Gasteiger charge is -1.93. The third-order valence-corrected chi connectivity index (χ3v) is 1.49. The molecule has 0 heterocycles. The Bertz CT molecular complexity index is 191. The summed E-state index contributed by atoms with van der Waals surface area (Å²) in [6, 6.07) is 0. The van der Waals surface area contributed by atoms with Gasteiger partial charge in [-0.1, -0.05) is 0 Å². The first-order chi connectivity index (χ1) is 3.79. The summed E-state index contributed by atoms with van der Waals surface area (Å²) < 4.78 is 4.76. The van der Waals surface area contributed by atoms with Crippen molar-refractivity contribution in [3.8, 4) is 0 Å². The van der Waals surface area contributed by atoms with Gasteiger partial charge in [-0.15, -0.1) is 0 Å². The van der Waals surface area contributed by atoms with E-state index in [2.05, 4.69) is 0 Å². The van der Waals surface area contributed by atoms with Gasteiger partial charge in [-0.25, -0.2) is 0 Å². The largest absolute Gasteiger partial charge is 0.431 e. The fourth-order valence-corrected chi connectivity index (χ4v) is 0.810. The maximum absolute atomic E-state index is 10.2. The van der Waals surface area contributed by atoms with Crippen LogP contribution in [0.3, 0.4) is 0 Å². The lowest BCUT2D eigenvalue weighted by atomic mass is 10.5. The van der Waals surface area contributed by atoms with E-state index in [1.165, 1.54) is 18.9 Å². The Hall–Kier alpha value is -0.790. The van der Waals surface area contributed by atoms with Gasteiger partial charge >= 0.3 is 5.97 Å². The van der Waals surface area contributed by atoms with Gasteiger partial charge in [-0.2, -0.15) is 0 Å². The molecule has 2 aliphatic carbocycles. The van der Waals surface area contributed by atoms with Crippen molar-refractivity contribution in [1.29, 1.82) is 0 Å². The van der Waals surface area contributed by atoms with Gasteiger partial charge in [0.1, 0.15) is 5.76 Å². The van der Waals surface area contributed by atoms with Crippen LogP contribution in [0.15, 0.2) is 11.3 Å². The lowest BCUT2D eigenvalue weighted by Crippen LogP contribution is -1.94. The normalized spacial score (nSPS) is 29.4. The maximum Gasteiger partial charge on any atom is 0.307 e. The molecule has 1 saturated carbocycles. The van der Waals surface area contributed by atoms with E-state index < -0.39 is 0 Å². The molecule has 0 N–H and O–H groups in total. The molecule has 1 fully saturated rings. The Morgan fingerprint density at radius 3 is 2.62 bits per heavy atom. The molecule has 0 amide bonds. The van der Waals surface area contributed by atoms with Crippen LogP contribution in [-0.4, -0.2) is 5.97 Å². The smallest absolute Gasteiger partial charge is 0.307 e. The molecule has 2 rings (SSSR count). The highest BCUT2D eigenvalue weighted by Crippen LogP contribution is 2.61. The van der Waals surface area contributed by atoms with E-state index in [9.17, 15) is 4.79 Å². The van der Waals surface area contributed by atoms with Crippen molar-refractivity contribution in [2.24, 2.45) is 5.92 Å². The third-order valence-electron chi connectivity index (χ3n) is 1.49. The molecule has 2 nitrogen and oxygen atoms in total. The first kappa shape index (κ1) is 4.13. The second-order valence-corrected chi connectivity index (χ2v) is 2.24. The molecule has 0 radical (unpaired) electrons. The summed E-state index contributed by atoms with van der Waals surface area (Å²) in [7, 11) is 0. The van der Waals surface area contributed by atoms with Crippen LogP contribution < -0.4 is 0 Å². The number of ether oxygens (including phenoxy) is 1. The minimum absolute atomic E-state index is 0.181. The van der Waals surface area contributed by atoms with Crippen LogP contribution in [-0.2, 0) is 9.53 Å². The second-order valence-electron chi connectivity index (χ2n) is 2.24. The molecule has 0 aliphatic heterocycles. The summed E-state index contributed by atoms with van der Waals surface area (Å²) >= 11 is 0. The van der Waals surface area contributed by atoms with E-state index in [-0.39, 0.29) is 5.97 Å². The summed E-state index contributed by atoms with van der Waals surface area (Å²) in [5.41, 5.74) is 1.36. The highest BCUT2D eigenvalue weighted by molar-refractivity contribution is 5.70. The molecule has 0 bridgehead atoms. The van der Waals surface area contributed by atoms with Gasteiger partial charge < -0.3 is 4.74 Å². The summed E-state index contributed by atoms with van der Waals surface area (Å²) in [6.07, 6.45) is 1.18. The maximum atomic E-state index is 10.2. The van der Waals surface area contributed by atoms with Crippen molar-refractivity contribution in [3.63, 3.8) is 0 Å². The first-order valence-electron chi connectivity index (χ1n) is 2.70. The zero-order valence-electron chi connectivity index (χ0n) is 4.60. The van der Waals surface area contributed by atoms with E-state index in [1.807, 2.05) is 0 Å². The van der Waals surface area contributed by atoms with E-state index in [4.69, 9.17) is 4.74 Å².